The Morgan fingerprint density at radius 1 is 1.33 bits per heavy atom. The number of carboxylic acid groups (broad SMARTS) is 1. The summed E-state index contributed by atoms with van der Waals surface area (Å²) in [5, 5.41) is 8.81. The van der Waals surface area contributed by atoms with Gasteiger partial charge < -0.3 is 10.0 Å². The van der Waals surface area contributed by atoms with E-state index in [1.54, 1.807) is 0 Å². The Balaban J connectivity index is 0.000000720. The highest BCUT2D eigenvalue weighted by atomic mass is 35.5. The first-order chi connectivity index (χ1) is 5.01. The van der Waals surface area contributed by atoms with Crippen LogP contribution in [0.5, 0.6) is 0 Å². The van der Waals surface area contributed by atoms with Crippen molar-refractivity contribution in [2.75, 3.05) is 14.1 Å². The molecular weight excluding hydrogens is 178 g/mol. The molecule has 0 aromatic heterocycles. The van der Waals surface area contributed by atoms with E-state index in [1.807, 2.05) is 14.1 Å². The molecule has 3 nitrogen and oxygen atoms in total. The summed E-state index contributed by atoms with van der Waals surface area (Å²) in [6.45, 7) is 0. The van der Waals surface area contributed by atoms with Crippen LogP contribution in [0.15, 0.2) is 0 Å². The van der Waals surface area contributed by atoms with Crippen molar-refractivity contribution in [3.8, 4) is 0 Å². The molecule has 3 saturated carbocycles. The van der Waals surface area contributed by atoms with Gasteiger partial charge in [-0.2, -0.15) is 0 Å². The smallest absolute Gasteiger partial charge is 0.309 e. The summed E-state index contributed by atoms with van der Waals surface area (Å²) in [7, 11) is 4.07. The number of carboxylic acids is 1. The van der Waals surface area contributed by atoms with Gasteiger partial charge >= 0.3 is 5.97 Å². The maximum atomic E-state index is 10.7. The minimum Gasteiger partial charge on any atom is -0.481 e. The highest BCUT2D eigenvalue weighted by Crippen LogP contribution is 2.69. The fourth-order valence-electron chi connectivity index (χ4n) is 2.44. The highest BCUT2D eigenvalue weighted by molar-refractivity contribution is 5.85. The van der Waals surface area contributed by atoms with Crippen LogP contribution in [-0.2, 0) is 4.79 Å². The number of carbonyl (C=O) groups is 1. The van der Waals surface area contributed by atoms with E-state index >= 15 is 0 Å². The van der Waals surface area contributed by atoms with Crippen LogP contribution in [0.25, 0.3) is 0 Å². The van der Waals surface area contributed by atoms with Gasteiger partial charge in [0.1, 0.15) is 0 Å². The molecule has 0 aromatic rings. The summed E-state index contributed by atoms with van der Waals surface area (Å²) < 4.78 is 0. The minimum atomic E-state index is -0.596. The van der Waals surface area contributed by atoms with Gasteiger partial charge in [0.15, 0.2) is 0 Å². The molecule has 2 bridgehead atoms. The molecule has 3 aliphatic rings. The van der Waals surface area contributed by atoms with E-state index in [0.717, 1.165) is 19.3 Å². The zero-order valence-electron chi connectivity index (χ0n) is 7.33. The summed E-state index contributed by atoms with van der Waals surface area (Å²) in [6.07, 6.45) is 2.59. The number of rotatable bonds is 2. The molecule has 0 spiro atoms. The Bertz CT molecular complexity index is 207. The molecule has 3 aliphatic carbocycles. The van der Waals surface area contributed by atoms with Gasteiger partial charge in [-0.3, -0.25) is 4.79 Å². The topological polar surface area (TPSA) is 40.5 Å². The van der Waals surface area contributed by atoms with Crippen molar-refractivity contribution in [1.29, 1.82) is 0 Å². The van der Waals surface area contributed by atoms with Gasteiger partial charge in [0.25, 0.3) is 0 Å². The van der Waals surface area contributed by atoms with Crippen molar-refractivity contribution in [3.05, 3.63) is 0 Å². The summed E-state index contributed by atoms with van der Waals surface area (Å²) >= 11 is 0. The molecule has 3 fully saturated rings. The first-order valence-corrected chi connectivity index (χ1v) is 3.92. The maximum absolute atomic E-state index is 10.7. The maximum Gasteiger partial charge on any atom is 0.309 e. The normalized spacial score (nSPS) is 42.6. The zero-order valence-corrected chi connectivity index (χ0v) is 8.15. The molecule has 0 aromatic carbocycles. The van der Waals surface area contributed by atoms with E-state index in [2.05, 4.69) is 4.90 Å². The van der Waals surface area contributed by atoms with E-state index in [1.165, 1.54) is 0 Å². The average Bonchev–Trinajstić information content (AvgIpc) is 1.51. The molecule has 12 heavy (non-hydrogen) atoms. The van der Waals surface area contributed by atoms with Crippen LogP contribution < -0.4 is 0 Å². The summed E-state index contributed by atoms with van der Waals surface area (Å²) in [5.74, 6) is -0.596. The second-order valence-electron chi connectivity index (χ2n) is 4.23. The van der Waals surface area contributed by atoms with Crippen molar-refractivity contribution in [2.45, 2.75) is 24.8 Å². The summed E-state index contributed by atoms with van der Waals surface area (Å²) in [6, 6.07) is 0. The van der Waals surface area contributed by atoms with Crippen molar-refractivity contribution in [2.24, 2.45) is 5.41 Å². The van der Waals surface area contributed by atoms with Gasteiger partial charge in [0.2, 0.25) is 0 Å². The fraction of sp³-hybridized carbons (Fsp3) is 0.875. The number of aliphatic carboxylic acids is 1. The van der Waals surface area contributed by atoms with Crippen LogP contribution in [0.4, 0.5) is 0 Å². The molecule has 0 amide bonds. The largest absolute Gasteiger partial charge is 0.481 e. The predicted octanol–water partition coefficient (Wildman–Crippen LogP) is 0.977. The van der Waals surface area contributed by atoms with E-state index in [0.29, 0.717) is 0 Å². The average molecular weight is 192 g/mol. The second-order valence-corrected chi connectivity index (χ2v) is 4.23. The van der Waals surface area contributed by atoms with Gasteiger partial charge in [-0.15, -0.1) is 12.4 Å². The highest BCUT2D eigenvalue weighted by Gasteiger charge is 2.72. The minimum absolute atomic E-state index is 0. The van der Waals surface area contributed by atoms with Crippen LogP contribution >= 0.6 is 12.4 Å². The van der Waals surface area contributed by atoms with Crippen LogP contribution in [0.1, 0.15) is 19.3 Å². The van der Waals surface area contributed by atoms with Gasteiger partial charge in [-0.25, -0.2) is 0 Å². The summed E-state index contributed by atoms with van der Waals surface area (Å²) in [5.41, 5.74) is -0.0529. The second kappa shape index (κ2) is 2.36. The monoisotopic (exact) mass is 191 g/mol. The lowest BCUT2D eigenvalue weighted by Gasteiger charge is -2.70. The van der Waals surface area contributed by atoms with Crippen molar-refractivity contribution < 1.29 is 9.90 Å². The third kappa shape index (κ3) is 0.837. The Kier molecular flexibility index (Phi) is 1.93. The lowest BCUT2D eigenvalue weighted by atomic mass is 9.39. The Hall–Kier alpha value is -0.280. The van der Waals surface area contributed by atoms with Gasteiger partial charge in [-0.1, -0.05) is 0 Å². The molecule has 70 valence electrons. The molecule has 3 rings (SSSR count). The van der Waals surface area contributed by atoms with E-state index in [4.69, 9.17) is 5.11 Å². The molecular formula is C8H14ClNO2. The molecule has 1 N–H and O–H groups in total. The zero-order chi connectivity index (χ0) is 8.28. The summed E-state index contributed by atoms with van der Waals surface area (Å²) in [4.78, 5) is 12.9. The number of hydrogen-bond donors (Lipinski definition) is 1. The third-order valence-electron chi connectivity index (χ3n) is 3.40. The van der Waals surface area contributed by atoms with Gasteiger partial charge in [-0.05, 0) is 33.4 Å². The Morgan fingerprint density at radius 2 is 1.75 bits per heavy atom. The fourth-order valence-corrected chi connectivity index (χ4v) is 2.44. The van der Waals surface area contributed by atoms with Crippen LogP contribution in [0.2, 0.25) is 0 Å². The molecule has 0 unspecified atom stereocenters. The number of halogens is 1. The number of nitrogens with zero attached hydrogens (tertiary/aromatic N) is 1. The van der Waals surface area contributed by atoms with Gasteiger partial charge in [0.05, 0.1) is 5.41 Å². The predicted molar refractivity (Wildman–Crippen MR) is 47.6 cm³/mol. The molecule has 0 saturated heterocycles. The van der Waals surface area contributed by atoms with Crippen LogP contribution in [-0.4, -0.2) is 35.6 Å². The van der Waals surface area contributed by atoms with Crippen LogP contribution in [0.3, 0.4) is 0 Å². The Morgan fingerprint density at radius 3 is 2.00 bits per heavy atom. The van der Waals surface area contributed by atoms with Crippen molar-refractivity contribution in [3.63, 3.8) is 0 Å². The Labute approximate surface area is 78.2 Å². The molecule has 0 aliphatic heterocycles. The van der Waals surface area contributed by atoms with Crippen molar-refractivity contribution >= 4 is 18.4 Å². The molecule has 4 heteroatoms. The lowest BCUT2D eigenvalue weighted by molar-refractivity contribution is -0.223. The first kappa shape index (κ1) is 9.81. The molecule has 0 radical (unpaired) electrons. The van der Waals surface area contributed by atoms with Crippen LogP contribution in [0, 0.1) is 5.41 Å². The SMILES string of the molecule is CN(C)C12CC(C(=O)O)(C1)C2.Cl. The van der Waals surface area contributed by atoms with Gasteiger partial charge in [0, 0.05) is 5.54 Å². The first-order valence-electron chi connectivity index (χ1n) is 3.92. The third-order valence-corrected chi connectivity index (χ3v) is 3.40. The van der Waals surface area contributed by atoms with E-state index in [9.17, 15) is 4.79 Å². The number of hydrogen-bond acceptors (Lipinski definition) is 2. The van der Waals surface area contributed by atoms with E-state index < -0.39 is 5.97 Å². The van der Waals surface area contributed by atoms with E-state index in [-0.39, 0.29) is 23.4 Å². The molecule has 0 atom stereocenters. The quantitative estimate of drug-likeness (QED) is 0.708. The standard InChI is InChI=1S/C8H13NO2.ClH/c1-9(2)8-3-7(4-8,5-8)6(10)11;/h3-5H2,1-2H3,(H,10,11);1H. The lowest BCUT2D eigenvalue weighted by Crippen LogP contribution is -2.75. The van der Waals surface area contributed by atoms with Crippen molar-refractivity contribution in [1.82, 2.24) is 4.90 Å². The molecule has 0 heterocycles.